The van der Waals surface area contributed by atoms with Crippen molar-refractivity contribution in [2.45, 2.75) is 34.2 Å². The number of amides is 2. The molecule has 0 fully saturated rings. The van der Waals surface area contributed by atoms with Crippen LogP contribution in [0.2, 0.25) is 0 Å². The topological polar surface area (TPSA) is 88.9 Å². The van der Waals surface area contributed by atoms with Crippen molar-refractivity contribution >= 4 is 28.3 Å². The molecule has 0 aliphatic heterocycles. The van der Waals surface area contributed by atoms with Crippen LogP contribution in [0, 0.1) is 19.8 Å². The maximum Gasteiger partial charge on any atom is 0.270 e. The molecule has 0 unspecified atom stereocenters. The molecule has 0 aliphatic carbocycles. The van der Waals surface area contributed by atoms with Crippen LogP contribution < -0.4 is 10.6 Å². The third kappa shape index (κ3) is 4.88. The van der Waals surface area contributed by atoms with Crippen molar-refractivity contribution in [3.63, 3.8) is 0 Å². The smallest absolute Gasteiger partial charge is 0.270 e. The quantitative estimate of drug-likeness (QED) is 0.845. The number of aryl methyl sites for hydroxylation is 2. The molecule has 0 saturated carbocycles. The molecular weight excluding hydrogens is 314 g/mol. The second-order valence-electron chi connectivity index (χ2n) is 5.64. The van der Waals surface area contributed by atoms with E-state index in [4.69, 9.17) is 0 Å². The van der Waals surface area contributed by atoms with Crippen LogP contribution in [0.15, 0.2) is 11.4 Å². The van der Waals surface area contributed by atoms with Gasteiger partial charge in [-0.1, -0.05) is 6.92 Å². The van der Waals surface area contributed by atoms with Gasteiger partial charge in [-0.15, -0.1) is 11.3 Å². The third-order valence-electron chi connectivity index (χ3n) is 3.22. The van der Waals surface area contributed by atoms with Crippen LogP contribution in [0.5, 0.6) is 0 Å². The summed E-state index contributed by atoms with van der Waals surface area (Å²) in [6.45, 7) is 8.72. The van der Waals surface area contributed by atoms with E-state index >= 15 is 0 Å². The van der Waals surface area contributed by atoms with Gasteiger partial charge in [0, 0.05) is 31.1 Å². The summed E-state index contributed by atoms with van der Waals surface area (Å²) < 4.78 is 1.95. The fourth-order valence-electron chi connectivity index (χ4n) is 2.16. The Morgan fingerprint density at radius 2 is 2.13 bits per heavy atom. The Morgan fingerprint density at radius 1 is 1.39 bits per heavy atom. The van der Waals surface area contributed by atoms with E-state index in [9.17, 15) is 9.59 Å². The molecule has 7 nitrogen and oxygen atoms in total. The van der Waals surface area contributed by atoms with Crippen LogP contribution in [0.25, 0.3) is 0 Å². The molecule has 2 aromatic heterocycles. The number of rotatable bonds is 6. The molecular formula is C15H21N5O2S. The second kappa shape index (κ2) is 7.36. The maximum absolute atomic E-state index is 12.1. The maximum atomic E-state index is 12.1. The van der Waals surface area contributed by atoms with Gasteiger partial charge in [0.15, 0.2) is 5.13 Å². The van der Waals surface area contributed by atoms with Gasteiger partial charge in [-0.05, 0) is 25.8 Å². The molecule has 2 amide bonds. The zero-order valence-electron chi connectivity index (χ0n) is 13.7. The van der Waals surface area contributed by atoms with E-state index < -0.39 is 0 Å². The summed E-state index contributed by atoms with van der Waals surface area (Å²) in [7, 11) is 0. The Labute approximate surface area is 139 Å². The van der Waals surface area contributed by atoms with Crippen molar-refractivity contribution < 1.29 is 9.59 Å². The Bertz CT molecular complexity index is 707. The van der Waals surface area contributed by atoms with Crippen LogP contribution in [0.4, 0.5) is 5.13 Å². The lowest BCUT2D eigenvalue weighted by molar-refractivity contribution is -0.114. The average Bonchev–Trinajstić information content (AvgIpc) is 3.03. The zero-order valence-corrected chi connectivity index (χ0v) is 14.5. The molecule has 0 radical (unpaired) electrons. The number of carbonyl (C=O) groups excluding carboxylic acids is 2. The molecule has 2 heterocycles. The summed E-state index contributed by atoms with van der Waals surface area (Å²) in [4.78, 5) is 27.1. The minimum absolute atomic E-state index is 0.204. The molecule has 23 heavy (non-hydrogen) atoms. The number of carbonyl (C=O) groups is 2. The van der Waals surface area contributed by atoms with E-state index in [0.717, 1.165) is 17.9 Å². The minimum Gasteiger partial charge on any atom is -0.350 e. The average molecular weight is 335 g/mol. The van der Waals surface area contributed by atoms with Crippen LogP contribution in [0.1, 0.15) is 35.7 Å². The predicted molar refractivity (Wildman–Crippen MR) is 89.6 cm³/mol. The number of anilines is 1. The van der Waals surface area contributed by atoms with Gasteiger partial charge in [0.1, 0.15) is 5.69 Å². The zero-order chi connectivity index (χ0) is 17.0. The van der Waals surface area contributed by atoms with Crippen molar-refractivity contribution in [2.24, 2.45) is 5.92 Å². The van der Waals surface area contributed by atoms with Crippen LogP contribution in [-0.2, 0) is 11.3 Å². The highest BCUT2D eigenvalue weighted by Gasteiger charge is 2.13. The van der Waals surface area contributed by atoms with Gasteiger partial charge in [-0.3, -0.25) is 14.3 Å². The lowest BCUT2D eigenvalue weighted by Gasteiger charge is -2.13. The first kappa shape index (κ1) is 17.1. The highest BCUT2D eigenvalue weighted by molar-refractivity contribution is 7.14. The van der Waals surface area contributed by atoms with Crippen molar-refractivity contribution in [1.29, 1.82) is 0 Å². The summed E-state index contributed by atoms with van der Waals surface area (Å²) in [6, 6.07) is 2.03. The summed E-state index contributed by atoms with van der Waals surface area (Å²) >= 11 is 1.23. The van der Waals surface area contributed by atoms with Crippen molar-refractivity contribution in [3.05, 3.63) is 28.5 Å². The number of aromatic nitrogens is 3. The number of hydrogen-bond acceptors (Lipinski definition) is 5. The van der Waals surface area contributed by atoms with E-state index in [-0.39, 0.29) is 17.7 Å². The molecule has 2 N–H and O–H groups in total. The van der Waals surface area contributed by atoms with E-state index in [2.05, 4.69) is 27.6 Å². The molecule has 2 aromatic rings. The predicted octanol–water partition coefficient (Wildman–Crippen LogP) is 1.98. The molecule has 124 valence electrons. The molecule has 0 spiro atoms. The first-order valence-corrected chi connectivity index (χ1v) is 8.25. The monoisotopic (exact) mass is 335 g/mol. The summed E-state index contributed by atoms with van der Waals surface area (Å²) in [5.41, 5.74) is 2.42. The first-order chi connectivity index (χ1) is 10.8. The summed E-state index contributed by atoms with van der Waals surface area (Å²) in [5, 5.41) is 11.9. The van der Waals surface area contributed by atoms with E-state index in [1.54, 1.807) is 5.38 Å². The number of hydrogen-bond donors (Lipinski definition) is 2. The standard InChI is InChI=1S/C15H21N5O2S/c1-9(7-20-11(3)5-10(2)19-20)6-16-14(22)13-8-23-15(18-13)17-12(4)21/h5,8-9H,6-7H2,1-4H3,(H,16,22)(H,17,18,21)/t9-/m0/s1. The molecule has 0 saturated heterocycles. The van der Waals surface area contributed by atoms with E-state index in [0.29, 0.717) is 17.4 Å². The van der Waals surface area contributed by atoms with Crippen molar-refractivity contribution in [2.75, 3.05) is 11.9 Å². The number of nitrogens with one attached hydrogen (secondary N) is 2. The van der Waals surface area contributed by atoms with Gasteiger partial charge in [0.25, 0.3) is 5.91 Å². The van der Waals surface area contributed by atoms with Gasteiger partial charge >= 0.3 is 0 Å². The number of thiazole rings is 1. The van der Waals surface area contributed by atoms with Gasteiger partial charge in [-0.25, -0.2) is 4.98 Å². The SMILES string of the molecule is CC(=O)Nc1nc(C(=O)NC[C@H](C)Cn2nc(C)cc2C)cs1. The Balaban J connectivity index is 1.84. The lowest BCUT2D eigenvalue weighted by Crippen LogP contribution is -2.30. The van der Waals surface area contributed by atoms with Crippen molar-refractivity contribution in [3.8, 4) is 0 Å². The largest absolute Gasteiger partial charge is 0.350 e. The molecule has 0 aliphatic rings. The fraction of sp³-hybridized carbons (Fsp3) is 0.467. The normalized spacial score (nSPS) is 12.0. The van der Waals surface area contributed by atoms with Crippen molar-refractivity contribution in [1.82, 2.24) is 20.1 Å². The fourth-order valence-corrected chi connectivity index (χ4v) is 2.90. The van der Waals surface area contributed by atoms with Gasteiger partial charge in [0.05, 0.1) is 5.69 Å². The van der Waals surface area contributed by atoms with E-state index in [1.165, 1.54) is 18.3 Å². The molecule has 0 aromatic carbocycles. The Kier molecular flexibility index (Phi) is 5.49. The Hall–Kier alpha value is -2.22. The first-order valence-electron chi connectivity index (χ1n) is 7.37. The van der Waals surface area contributed by atoms with Gasteiger partial charge in [-0.2, -0.15) is 5.10 Å². The van der Waals surface area contributed by atoms with Gasteiger partial charge < -0.3 is 10.6 Å². The second-order valence-corrected chi connectivity index (χ2v) is 6.50. The highest BCUT2D eigenvalue weighted by atomic mass is 32.1. The lowest BCUT2D eigenvalue weighted by atomic mass is 10.2. The molecule has 1 atom stereocenters. The van der Waals surface area contributed by atoms with Crippen LogP contribution in [0.3, 0.4) is 0 Å². The number of nitrogens with zero attached hydrogens (tertiary/aromatic N) is 3. The van der Waals surface area contributed by atoms with Crippen LogP contribution >= 0.6 is 11.3 Å². The summed E-state index contributed by atoms with van der Waals surface area (Å²) in [5.74, 6) is -0.201. The summed E-state index contributed by atoms with van der Waals surface area (Å²) in [6.07, 6.45) is 0. The van der Waals surface area contributed by atoms with Crippen LogP contribution in [-0.4, -0.2) is 33.1 Å². The third-order valence-corrected chi connectivity index (χ3v) is 3.98. The Morgan fingerprint density at radius 3 is 2.74 bits per heavy atom. The minimum atomic E-state index is -0.238. The van der Waals surface area contributed by atoms with E-state index in [1.807, 2.05) is 24.6 Å². The van der Waals surface area contributed by atoms with Gasteiger partial charge in [0.2, 0.25) is 5.91 Å². The molecule has 0 bridgehead atoms. The molecule has 2 rings (SSSR count). The highest BCUT2D eigenvalue weighted by Crippen LogP contribution is 2.15. The molecule has 8 heteroatoms.